The van der Waals surface area contributed by atoms with Crippen molar-refractivity contribution in [2.45, 2.75) is 0 Å². The Bertz CT molecular complexity index is 2910. The first-order chi connectivity index (χ1) is 26.8. The SMILES string of the molecule is c1ccc(-c2ccc(-c3ccc(N(c4cccc(-c5ccc6oc7ccccc7c6c5)c4)c4ccc(-c5ccccc5)c5ccccc45)cc3)cc2)cc1. The minimum Gasteiger partial charge on any atom is -0.456 e. The Morgan fingerprint density at radius 1 is 0.278 bits per heavy atom. The molecule has 0 N–H and O–H groups in total. The molecule has 9 aromatic carbocycles. The zero-order valence-corrected chi connectivity index (χ0v) is 29.6. The summed E-state index contributed by atoms with van der Waals surface area (Å²) in [6.45, 7) is 0. The molecule has 0 saturated carbocycles. The number of furan rings is 1. The number of anilines is 3. The number of hydrogen-bond acceptors (Lipinski definition) is 2. The predicted octanol–water partition coefficient (Wildman–Crippen LogP) is 14.9. The van der Waals surface area contributed by atoms with Gasteiger partial charge in [0.2, 0.25) is 0 Å². The van der Waals surface area contributed by atoms with Crippen LogP contribution in [-0.2, 0) is 0 Å². The second-order valence-corrected chi connectivity index (χ2v) is 13.7. The quantitative estimate of drug-likeness (QED) is 0.166. The van der Waals surface area contributed by atoms with Crippen molar-refractivity contribution in [3.8, 4) is 44.5 Å². The topological polar surface area (TPSA) is 16.4 Å². The third-order valence-corrected chi connectivity index (χ3v) is 10.5. The highest BCUT2D eigenvalue weighted by atomic mass is 16.3. The fourth-order valence-corrected chi connectivity index (χ4v) is 7.79. The van der Waals surface area contributed by atoms with Crippen LogP contribution < -0.4 is 4.90 Å². The lowest BCUT2D eigenvalue weighted by atomic mass is 9.96. The Morgan fingerprint density at radius 3 is 1.52 bits per heavy atom. The third-order valence-electron chi connectivity index (χ3n) is 10.5. The van der Waals surface area contributed by atoms with Crippen LogP contribution >= 0.6 is 0 Å². The van der Waals surface area contributed by atoms with Crippen LogP contribution in [0.15, 0.2) is 217 Å². The van der Waals surface area contributed by atoms with E-state index in [9.17, 15) is 0 Å². The summed E-state index contributed by atoms with van der Waals surface area (Å²) in [7, 11) is 0. The highest BCUT2D eigenvalue weighted by Crippen LogP contribution is 2.43. The van der Waals surface area contributed by atoms with Gasteiger partial charge in [-0.2, -0.15) is 0 Å². The Labute approximate surface area is 314 Å². The molecule has 0 amide bonds. The molecule has 0 aliphatic carbocycles. The van der Waals surface area contributed by atoms with Gasteiger partial charge in [-0.1, -0.05) is 164 Å². The molecule has 0 bridgehead atoms. The average molecular weight is 690 g/mol. The van der Waals surface area contributed by atoms with E-state index in [1.165, 1.54) is 44.2 Å². The van der Waals surface area contributed by atoms with E-state index >= 15 is 0 Å². The Kier molecular flexibility index (Phi) is 7.85. The largest absolute Gasteiger partial charge is 0.456 e. The Morgan fingerprint density at radius 2 is 0.796 bits per heavy atom. The van der Waals surface area contributed by atoms with E-state index in [0.29, 0.717) is 0 Å². The van der Waals surface area contributed by atoms with Gasteiger partial charge >= 0.3 is 0 Å². The van der Waals surface area contributed by atoms with Crippen LogP contribution in [0, 0.1) is 0 Å². The van der Waals surface area contributed by atoms with Crippen LogP contribution in [0.4, 0.5) is 17.1 Å². The first-order valence-electron chi connectivity index (χ1n) is 18.4. The summed E-state index contributed by atoms with van der Waals surface area (Å²) >= 11 is 0. The fraction of sp³-hybridized carbons (Fsp3) is 0. The third kappa shape index (κ3) is 5.71. The zero-order chi connectivity index (χ0) is 35.8. The maximum absolute atomic E-state index is 6.16. The van der Waals surface area contributed by atoms with Gasteiger partial charge in [0.25, 0.3) is 0 Å². The van der Waals surface area contributed by atoms with Crippen LogP contribution in [0.25, 0.3) is 77.2 Å². The van der Waals surface area contributed by atoms with Crippen molar-refractivity contribution >= 4 is 49.8 Å². The lowest BCUT2D eigenvalue weighted by Gasteiger charge is -2.28. The van der Waals surface area contributed by atoms with Crippen LogP contribution in [0.3, 0.4) is 0 Å². The minimum atomic E-state index is 0.900. The van der Waals surface area contributed by atoms with Crippen LogP contribution in [-0.4, -0.2) is 0 Å². The van der Waals surface area contributed by atoms with Gasteiger partial charge in [0, 0.05) is 27.5 Å². The highest BCUT2D eigenvalue weighted by Gasteiger charge is 2.19. The molecule has 0 aliphatic rings. The monoisotopic (exact) mass is 689 g/mol. The molecule has 10 aromatic rings. The minimum absolute atomic E-state index is 0.900. The van der Waals surface area contributed by atoms with E-state index < -0.39 is 0 Å². The number of benzene rings is 9. The molecular formula is C52H35NO. The Hall–Kier alpha value is -7.16. The lowest BCUT2D eigenvalue weighted by molar-refractivity contribution is 0.669. The normalized spacial score (nSPS) is 11.3. The maximum atomic E-state index is 6.16. The molecule has 0 radical (unpaired) electrons. The van der Waals surface area contributed by atoms with Gasteiger partial charge < -0.3 is 9.32 Å². The zero-order valence-electron chi connectivity index (χ0n) is 29.6. The van der Waals surface area contributed by atoms with Crippen molar-refractivity contribution in [1.82, 2.24) is 0 Å². The smallest absolute Gasteiger partial charge is 0.135 e. The first kappa shape index (κ1) is 31.6. The number of nitrogens with zero attached hydrogens (tertiary/aromatic N) is 1. The van der Waals surface area contributed by atoms with Gasteiger partial charge in [-0.3, -0.25) is 0 Å². The predicted molar refractivity (Wildman–Crippen MR) is 228 cm³/mol. The molecule has 0 aliphatic heterocycles. The number of fused-ring (bicyclic) bond motifs is 4. The van der Waals surface area contributed by atoms with Crippen LogP contribution in [0.1, 0.15) is 0 Å². The Balaban J connectivity index is 1.10. The van der Waals surface area contributed by atoms with Crippen LogP contribution in [0.5, 0.6) is 0 Å². The molecule has 1 aromatic heterocycles. The molecule has 0 spiro atoms. The van der Waals surface area contributed by atoms with Gasteiger partial charge in [-0.15, -0.1) is 0 Å². The molecule has 2 heteroatoms. The molecule has 0 atom stereocenters. The van der Waals surface area contributed by atoms with Crippen molar-refractivity contribution < 1.29 is 4.42 Å². The summed E-state index contributed by atoms with van der Waals surface area (Å²) in [5.41, 5.74) is 14.6. The van der Waals surface area contributed by atoms with E-state index in [-0.39, 0.29) is 0 Å². The average Bonchev–Trinajstić information content (AvgIpc) is 3.63. The second kappa shape index (κ2) is 13.4. The molecule has 0 fully saturated rings. The summed E-state index contributed by atoms with van der Waals surface area (Å²) in [4.78, 5) is 2.40. The van der Waals surface area contributed by atoms with E-state index in [1.807, 2.05) is 12.1 Å². The fourth-order valence-electron chi connectivity index (χ4n) is 7.79. The summed E-state index contributed by atoms with van der Waals surface area (Å²) in [6.07, 6.45) is 0. The van der Waals surface area contributed by atoms with E-state index in [0.717, 1.165) is 50.1 Å². The van der Waals surface area contributed by atoms with Gasteiger partial charge in [0.1, 0.15) is 11.2 Å². The van der Waals surface area contributed by atoms with Crippen molar-refractivity contribution in [1.29, 1.82) is 0 Å². The molecule has 254 valence electrons. The maximum Gasteiger partial charge on any atom is 0.135 e. The van der Waals surface area contributed by atoms with E-state index in [4.69, 9.17) is 4.42 Å². The first-order valence-corrected chi connectivity index (χ1v) is 18.4. The highest BCUT2D eigenvalue weighted by molar-refractivity contribution is 6.08. The lowest BCUT2D eigenvalue weighted by Crippen LogP contribution is -2.10. The van der Waals surface area contributed by atoms with Crippen LogP contribution in [0.2, 0.25) is 0 Å². The molecule has 10 rings (SSSR count). The molecule has 1 heterocycles. The molecule has 0 saturated heterocycles. The molecule has 54 heavy (non-hydrogen) atoms. The standard InChI is InChI=1S/C52H35NO/c1-3-12-36(13-4-1)37-22-24-38(25-23-37)39-26-29-43(30-27-39)53(50-32-31-45(40-14-5-2-6-15-40)46-18-7-8-19-47(46)50)44-17-11-16-41(34-44)42-28-33-52-49(35-42)48-20-9-10-21-51(48)54-52/h1-35H. The van der Waals surface area contributed by atoms with Gasteiger partial charge in [0.05, 0.1) is 5.69 Å². The van der Waals surface area contributed by atoms with Crippen molar-refractivity contribution in [3.05, 3.63) is 212 Å². The van der Waals surface area contributed by atoms with Crippen molar-refractivity contribution in [2.75, 3.05) is 4.90 Å². The summed E-state index contributed by atoms with van der Waals surface area (Å²) in [5.74, 6) is 0. The summed E-state index contributed by atoms with van der Waals surface area (Å²) in [6, 6.07) is 76.0. The van der Waals surface area contributed by atoms with Gasteiger partial charge in [-0.05, 0) is 98.4 Å². The summed E-state index contributed by atoms with van der Waals surface area (Å²) in [5, 5.41) is 4.66. The van der Waals surface area contributed by atoms with E-state index in [1.54, 1.807) is 0 Å². The second-order valence-electron chi connectivity index (χ2n) is 13.7. The van der Waals surface area contributed by atoms with Gasteiger partial charge in [-0.25, -0.2) is 0 Å². The number of rotatable bonds is 7. The molecule has 0 unspecified atom stereocenters. The molecule has 2 nitrogen and oxygen atoms in total. The summed E-state index contributed by atoms with van der Waals surface area (Å²) < 4.78 is 6.16. The molecular weight excluding hydrogens is 655 g/mol. The van der Waals surface area contributed by atoms with Crippen molar-refractivity contribution in [3.63, 3.8) is 0 Å². The van der Waals surface area contributed by atoms with Crippen molar-refractivity contribution in [2.24, 2.45) is 0 Å². The number of hydrogen-bond donors (Lipinski definition) is 0. The number of para-hydroxylation sites is 1. The van der Waals surface area contributed by atoms with Gasteiger partial charge in [0.15, 0.2) is 0 Å². The van der Waals surface area contributed by atoms with E-state index in [2.05, 4.69) is 205 Å².